The number of anilines is 1. The lowest BCUT2D eigenvalue weighted by molar-refractivity contribution is 0.0781. The second-order valence-corrected chi connectivity index (χ2v) is 9.49. The largest absolute Gasteiger partial charge is 0.338 e. The van der Waals surface area contributed by atoms with Crippen molar-refractivity contribution >= 4 is 21.6 Å². The molecular formula is C21H25N3O3S. The molecule has 28 heavy (non-hydrogen) atoms. The van der Waals surface area contributed by atoms with Gasteiger partial charge in [-0.15, -0.1) is 0 Å². The number of sulfonamides is 1. The van der Waals surface area contributed by atoms with E-state index in [1.54, 1.807) is 43.3 Å². The molecule has 7 heteroatoms. The molecule has 2 aliphatic rings. The highest BCUT2D eigenvalue weighted by atomic mass is 32.2. The summed E-state index contributed by atoms with van der Waals surface area (Å²) in [5, 5.41) is 3.37. The Balaban J connectivity index is 1.54. The van der Waals surface area contributed by atoms with Crippen LogP contribution < -0.4 is 10.0 Å². The van der Waals surface area contributed by atoms with Gasteiger partial charge >= 0.3 is 0 Å². The van der Waals surface area contributed by atoms with Crippen molar-refractivity contribution < 1.29 is 13.2 Å². The molecule has 2 aromatic rings. The minimum Gasteiger partial charge on any atom is -0.338 e. The van der Waals surface area contributed by atoms with Crippen molar-refractivity contribution in [3.05, 3.63) is 59.2 Å². The van der Waals surface area contributed by atoms with Crippen LogP contribution in [-0.4, -0.2) is 45.4 Å². The molecule has 0 aliphatic carbocycles. The third-order valence-corrected chi connectivity index (χ3v) is 7.19. The topological polar surface area (TPSA) is 78.5 Å². The zero-order valence-electron chi connectivity index (χ0n) is 16.1. The molecule has 2 saturated heterocycles. The molecule has 0 unspecified atom stereocenters. The van der Waals surface area contributed by atoms with E-state index < -0.39 is 10.0 Å². The van der Waals surface area contributed by atoms with Crippen LogP contribution in [-0.2, 0) is 10.0 Å². The molecule has 6 nitrogen and oxygen atoms in total. The Labute approximate surface area is 166 Å². The minimum absolute atomic E-state index is 0.0396. The molecule has 2 aromatic carbocycles. The number of benzene rings is 2. The Morgan fingerprint density at radius 3 is 2.50 bits per heavy atom. The molecule has 0 spiro atoms. The van der Waals surface area contributed by atoms with Gasteiger partial charge in [-0.2, -0.15) is 0 Å². The fraction of sp³-hybridized carbons (Fsp3) is 0.381. The standard InChI is InChI=1S/C21H25N3O3S/c1-14-6-7-15(2)20(8-14)28(26,27)23-19-5-3-4-16(9-19)21(25)24-12-17-10-22-11-18(17)13-24/h3-9,17-18,22-23H,10-13H2,1-2H3/t17-,18+. The highest BCUT2D eigenvalue weighted by molar-refractivity contribution is 7.92. The molecule has 2 N–H and O–H groups in total. The summed E-state index contributed by atoms with van der Waals surface area (Å²) in [5.41, 5.74) is 2.47. The summed E-state index contributed by atoms with van der Waals surface area (Å²) in [5.74, 6) is 1.01. The van der Waals surface area contributed by atoms with Gasteiger partial charge in [0.2, 0.25) is 0 Å². The quantitative estimate of drug-likeness (QED) is 0.828. The summed E-state index contributed by atoms with van der Waals surface area (Å²) < 4.78 is 28.3. The van der Waals surface area contributed by atoms with Crippen LogP contribution in [0, 0.1) is 25.7 Å². The molecule has 0 bridgehead atoms. The molecule has 148 valence electrons. The van der Waals surface area contributed by atoms with Gasteiger partial charge in [-0.25, -0.2) is 8.42 Å². The number of aryl methyl sites for hydroxylation is 2. The zero-order valence-corrected chi connectivity index (χ0v) is 16.9. The maximum absolute atomic E-state index is 12.9. The first-order valence-corrected chi connectivity index (χ1v) is 11.0. The number of hydrogen-bond acceptors (Lipinski definition) is 4. The van der Waals surface area contributed by atoms with E-state index in [-0.39, 0.29) is 10.8 Å². The van der Waals surface area contributed by atoms with Gasteiger partial charge in [-0.3, -0.25) is 9.52 Å². The maximum atomic E-state index is 12.9. The van der Waals surface area contributed by atoms with E-state index in [9.17, 15) is 13.2 Å². The van der Waals surface area contributed by atoms with Gasteiger partial charge in [-0.1, -0.05) is 18.2 Å². The monoisotopic (exact) mass is 399 g/mol. The summed E-state index contributed by atoms with van der Waals surface area (Å²) in [4.78, 5) is 15.0. The van der Waals surface area contributed by atoms with E-state index in [2.05, 4.69) is 10.0 Å². The van der Waals surface area contributed by atoms with Crippen LogP contribution >= 0.6 is 0 Å². The first kappa shape index (κ1) is 19.0. The fourth-order valence-electron chi connectivity index (χ4n) is 4.13. The van der Waals surface area contributed by atoms with E-state index in [1.807, 2.05) is 17.9 Å². The number of nitrogens with one attached hydrogen (secondary N) is 2. The second kappa shape index (κ2) is 7.22. The Bertz CT molecular complexity index is 1010. The van der Waals surface area contributed by atoms with Crippen LogP contribution in [0.2, 0.25) is 0 Å². The molecule has 0 saturated carbocycles. The van der Waals surface area contributed by atoms with Crippen LogP contribution in [0.5, 0.6) is 0 Å². The van der Waals surface area contributed by atoms with Crippen LogP contribution in [0.4, 0.5) is 5.69 Å². The van der Waals surface area contributed by atoms with Crippen molar-refractivity contribution in [2.24, 2.45) is 11.8 Å². The highest BCUT2D eigenvalue weighted by Gasteiger charge is 2.38. The van der Waals surface area contributed by atoms with Crippen molar-refractivity contribution in [2.75, 3.05) is 30.9 Å². The fourth-order valence-corrected chi connectivity index (χ4v) is 5.51. The molecule has 4 rings (SSSR count). The van der Waals surface area contributed by atoms with Crippen molar-refractivity contribution in [1.82, 2.24) is 10.2 Å². The van der Waals surface area contributed by atoms with Gasteiger partial charge in [0.1, 0.15) is 0 Å². The molecule has 1 amide bonds. The van der Waals surface area contributed by atoms with E-state index >= 15 is 0 Å². The number of amides is 1. The van der Waals surface area contributed by atoms with E-state index in [1.165, 1.54) is 0 Å². The van der Waals surface area contributed by atoms with E-state index in [4.69, 9.17) is 0 Å². The van der Waals surface area contributed by atoms with Gasteiger partial charge in [0.15, 0.2) is 0 Å². The predicted molar refractivity (Wildman–Crippen MR) is 109 cm³/mol. The van der Waals surface area contributed by atoms with E-state index in [0.717, 1.165) is 31.7 Å². The Kier molecular flexibility index (Phi) is 4.89. The van der Waals surface area contributed by atoms with Crippen molar-refractivity contribution in [2.45, 2.75) is 18.7 Å². The zero-order chi connectivity index (χ0) is 19.9. The van der Waals surface area contributed by atoms with Crippen LogP contribution in [0.1, 0.15) is 21.5 Å². The van der Waals surface area contributed by atoms with Crippen LogP contribution in [0.25, 0.3) is 0 Å². The third kappa shape index (κ3) is 3.64. The normalized spacial score (nSPS) is 21.6. The number of carbonyl (C=O) groups excluding carboxylic acids is 1. The first-order valence-electron chi connectivity index (χ1n) is 9.53. The number of likely N-dealkylation sites (tertiary alicyclic amines) is 1. The molecular weight excluding hydrogens is 374 g/mol. The highest BCUT2D eigenvalue weighted by Crippen LogP contribution is 2.28. The molecule has 0 radical (unpaired) electrons. The average Bonchev–Trinajstić information content (AvgIpc) is 3.25. The van der Waals surface area contributed by atoms with Crippen molar-refractivity contribution in [3.8, 4) is 0 Å². The number of carbonyl (C=O) groups is 1. The predicted octanol–water partition coefficient (Wildman–Crippen LogP) is 2.40. The van der Waals surface area contributed by atoms with Gasteiger partial charge in [0.05, 0.1) is 4.90 Å². The molecule has 2 heterocycles. The summed E-state index contributed by atoms with van der Waals surface area (Å²) in [7, 11) is -3.72. The lowest BCUT2D eigenvalue weighted by atomic mass is 10.0. The lowest BCUT2D eigenvalue weighted by Crippen LogP contribution is -2.31. The molecule has 0 aromatic heterocycles. The lowest BCUT2D eigenvalue weighted by Gasteiger charge is -2.18. The molecule has 2 atom stereocenters. The average molecular weight is 400 g/mol. The van der Waals surface area contributed by atoms with Crippen molar-refractivity contribution in [1.29, 1.82) is 0 Å². The van der Waals surface area contributed by atoms with Crippen LogP contribution in [0.3, 0.4) is 0 Å². The Morgan fingerprint density at radius 1 is 1.07 bits per heavy atom. The van der Waals surface area contributed by atoms with Gasteiger partial charge in [0.25, 0.3) is 15.9 Å². The summed E-state index contributed by atoms with van der Waals surface area (Å²) >= 11 is 0. The number of nitrogens with zero attached hydrogens (tertiary/aromatic N) is 1. The summed E-state index contributed by atoms with van der Waals surface area (Å²) in [6.45, 7) is 7.07. The smallest absolute Gasteiger partial charge is 0.262 e. The number of hydrogen-bond donors (Lipinski definition) is 2. The van der Waals surface area contributed by atoms with Crippen molar-refractivity contribution in [3.63, 3.8) is 0 Å². The number of fused-ring (bicyclic) bond motifs is 1. The maximum Gasteiger partial charge on any atom is 0.262 e. The minimum atomic E-state index is -3.72. The summed E-state index contributed by atoms with van der Waals surface area (Å²) in [6, 6.07) is 12.1. The third-order valence-electron chi connectivity index (χ3n) is 5.67. The Hall–Kier alpha value is -2.38. The first-order chi connectivity index (χ1) is 13.3. The SMILES string of the molecule is Cc1ccc(C)c(S(=O)(=O)Nc2cccc(C(=O)N3C[C@H]4CNC[C@H]4C3)c2)c1. The number of rotatable bonds is 4. The van der Waals surface area contributed by atoms with E-state index in [0.29, 0.717) is 28.7 Å². The van der Waals surface area contributed by atoms with Gasteiger partial charge in [0, 0.05) is 37.4 Å². The second-order valence-electron chi connectivity index (χ2n) is 7.84. The van der Waals surface area contributed by atoms with Gasteiger partial charge < -0.3 is 10.2 Å². The molecule has 2 aliphatic heterocycles. The molecule has 2 fully saturated rings. The van der Waals surface area contributed by atoms with Gasteiger partial charge in [-0.05, 0) is 61.1 Å². The van der Waals surface area contributed by atoms with Crippen LogP contribution in [0.15, 0.2) is 47.4 Å². The summed E-state index contributed by atoms with van der Waals surface area (Å²) in [6.07, 6.45) is 0. The Morgan fingerprint density at radius 2 is 1.79 bits per heavy atom.